The third kappa shape index (κ3) is 5.53. The number of nitrogens with one attached hydrogen (secondary N) is 1. The Bertz CT molecular complexity index is 87.9. The second-order valence-corrected chi connectivity index (χ2v) is 1.62. The quantitative estimate of drug-likeness (QED) is 0.461. The lowest BCUT2D eigenvalue weighted by atomic mass is 10.7. The largest absolute Gasteiger partial charge is 0.453 e. The molecule has 1 unspecified atom stereocenters. The van der Waals surface area contributed by atoms with Crippen LogP contribution in [0.15, 0.2) is 0 Å². The number of amides is 1. The second kappa shape index (κ2) is 5.79. The van der Waals surface area contributed by atoms with Crippen molar-refractivity contribution in [3.05, 3.63) is 0 Å². The maximum absolute atomic E-state index is 10.3. The van der Waals surface area contributed by atoms with Crippen LogP contribution < -0.4 is 5.32 Å². The molecule has 4 nitrogen and oxygen atoms in total. The molecule has 0 bridgehead atoms. The lowest BCUT2D eigenvalue weighted by Crippen LogP contribution is -2.25. The van der Waals surface area contributed by atoms with Gasteiger partial charge in [-0.1, -0.05) is 0 Å². The topological polar surface area (TPSA) is 47.6 Å². The maximum atomic E-state index is 10.3. The normalized spacial score (nSPS) is 8.67. The van der Waals surface area contributed by atoms with Gasteiger partial charge in [0.1, 0.15) is 0 Å². The monoisotopic (exact) mass is 151 g/mol. The first-order valence-corrected chi connectivity index (χ1v) is 2.92. The van der Waals surface area contributed by atoms with Gasteiger partial charge in [0, 0.05) is 16.0 Å². The SMILES string of the molecule is COC(=O)NCCOP. The molecule has 0 heterocycles. The van der Waals surface area contributed by atoms with Crippen LogP contribution in [0.5, 0.6) is 0 Å². The number of rotatable bonds is 3. The van der Waals surface area contributed by atoms with E-state index in [9.17, 15) is 4.79 Å². The second-order valence-electron chi connectivity index (χ2n) is 1.29. The molecule has 1 amide bonds. The first-order valence-electron chi connectivity index (χ1n) is 2.44. The fourth-order valence-corrected chi connectivity index (χ4v) is 0.402. The first-order chi connectivity index (χ1) is 4.31. The van der Waals surface area contributed by atoms with Crippen molar-refractivity contribution in [3.8, 4) is 0 Å². The minimum atomic E-state index is -0.433. The van der Waals surface area contributed by atoms with E-state index in [0.717, 1.165) is 0 Å². The molecule has 0 aliphatic carbocycles. The van der Waals surface area contributed by atoms with Crippen molar-refractivity contribution in [3.63, 3.8) is 0 Å². The Morgan fingerprint density at radius 1 is 1.78 bits per heavy atom. The van der Waals surface area contributed by atoms with E-state index < -0.39 is 6.09 Å². The molecule has 1 atom stereocenters. The van der Waals surface area contributed by atoms with Gasteiger partial charge in [-0.25, -0.2) is 4.79 Å². The maximum Gasteiger partial charge on any atom is 0.406 e. The summed E-state index contributed by atoms with van der Waals surface area (Å²) in [4.78, 5) is 10.3. The van der Waals surface area contributed by atoms with Crippen LogP contribution in [-0.2, 0) is 9.26 Å². The van der Waals surface area contributed by atoms with Crippen molar-refractivity contribution < 1.29 is 14.1 Å². The summed E-state index contributed by atoms with van der Waals surface area (Å²) in [6.07, 6.45) is -0.433. The summed E-state index contributed by atoms with van der Waals surface area (Å²) in [5.41, 5.74) is 0. The molecule has 54 valence electrons. The van der Waals surface area contributed by atoms with Crippen LogP contribution in [0, 0.1) is 0 Å². The van der Waals surface area contributed by atoms with Crippen LogP contribution in [0.3, 0.4) is 0 Å². The molecule has 0 rings (SSSR count). The van der Waals surface area contributed by atoms with Crippen molar-refractivity contribution in [2.24, 2.45) is 0 Å². The lowest BCUT2D eigenvalue weighted by Gasteiger charge is -2.00. The molecule has 0 aromatic rings. The average molecular weight is 151 g/mol. The van der Waals surface area contributed by atoms with Crippen LogP contribution in [0.4, 0.5) is 4.79 Å². The first kappa shape index (κ1) is 8.66. The summed E-state index contributed by atoms with van der Waals surface area (Å²) >= 11 is 0. The summed E-state index contributed by atoms with van der Waals surface area (Å²) in [5.74, 6) is 0. The Balaban J connectivity index is 2.97. The minimum Gasteiger partial charge on any atom is -0.453 e. The number of alkyl carbamates (subject to hydrolysis) is 1. The Hall–Kier alpha value is -0.340. The van der Waals surface area contributed by atoms with Gasteiger partial charge in [0.05, 0.1) is 13.7 Å². The van der Waals surface area contributed by atoms with Crippen molar-refractivity contribution in [1.29, 1.82) is 0 Å². The van der Waals surface area contributed by atoms with E-state index in [4.69, 9.17) is 0 Å². The molecular weight excluding hydrogens is 141 g/mol. The Morgan fingerprint density at radius 3 is 2.89 bits per heavy atom. The fourth-order valence-electron chi connectivity index (χ4n) is 0.284. The van der Waals surface area contributed by atoms with Crippen LogP contribution in [0.1, 0.15) is 0 Å². The van der Waals surface area contributed by atoms with Gasteiger partial charge >= 0.3 is 6.09 Å². The highest BCUT2D eigenvalue weighted by Gasteiger charge is 1.93. The van der Waals surface area contributed by atoms with Crippen LogP contribution in [0.25, 0.3) is 0 Å². The third-order valence-corrected chi connectivity index (χ3v) is 0.910. The molecule has 9 heavy (non-hydrogen) atoms. The Morgan fingerprint density at radius 2 is 2.44 bits per heavy atom. The zero-order chi connectivity index (χ0) is 7.11. The average Bonchev–Trinajstić information content (AvgIpc) is 1.89. The van der Waals surface area contributed by atoms with Gasteiger partial charge in [0.25, 0.3) is 0 Å². The molecule has 0 spiro atoms. The van der Waals surface area contributed by atoms with E-state index in [1.165, 1.54) is 7.11 Å². The van der Waals surface area contributed by atoms with Gasteiger partial charge in [-0.05, 0) is 0 Å². The lowest BCUT2D eigenvalue weighted by molar-refractivity contribution is 0.169. The van der Waals surface area contributed by atoms with Gasteiger partial charge in [-0.15, -0.1) is 0 Å². The Kier molecular flexibility index (Phi) is 5.57. The van der Waals surface area contributed by atoms with Crippen molar-refractivity contribution >= 4 is 15.6 Å². The van der Waals surface area contributed by atoms with Gasteiger partial charge in [0.15, 0.2) is 0 Å². The summed E-state index contributed by atoms with van der Waals surface area (Å²) in [5, 5.41) is 2.43. The van der Waals surface area contributed by atoms with Crippen LogP contribution >= 0.6 is 9.47 Å². The van der Waals surface area contributed by atoms with Crippen LogP contribution in [-0.4, -0.2) is 26.4 Å². The predicted molar refractivity (Wildman–Crippen MR) is 36.1 cm³/mol. The number of ether oxygens (including phenoxy) is 1. The van der Waals surface area contributed by atoms with E-state index >= 15 is 0 Å². The van der Waals surface area contributed by atoms with Crippen LogP contribution in [0.2, 0.25) is 0 Å². The zero-order valence-corrected chi connectivity index (χ0v) is 6.37. The van der Waals surface area contributed by atoms with Gasteiger partial charge in [-0.3, -0.25) is 0 Å². The summed E-state index contributed by atoms with van der Waals surface area (Å²) in [6, 6.07) is 0. The van der Waals surface area contributed by atoms with Crippen molar-refractivity contribution in [2.75, 3.05) is 20.3 Å². The van der Waals surface area contributed by atoms with E-state index in [1.54, 1.807) is 0 Å². The van der Waals surface area contributed by atoms with Gasteiger partial charge in [-0.2, -0.15) is 0 Å². The molecule has 1 N–H and O–H groups in total. The molecular formula is C4H10NO3P. The standard InChI is InChI=1S/C4H10NO3P/c1-7-4(6)5-2-3-8-9/h2-3,9H2,1H3,(H,5,6). The number of hydrogen-bond acceptors (Lipinski definition) is 3. The molecule has 0 aliphatic rings. The molecule has 0 saturated carbocycles. The highest BCUT2D eigenvalue weighted by atomic mass is 31.0. The molecule has 0 aromatic carbocycles. The highest BCUT2D eigenvalue weighted by molar-refractivity contribution is 7.09. The summed E-state index contributed by atoms with van der Waals surface area (Å²) < 4.78 is 8.87. The number of carbonyl (C=O) groups excluding carboxylic acids is 1. The minimum absolute atomic E-state index is 0.433. The van der Waals surface area contributed by atoms with Crippen molar-refractivity contribution in [1.82, 2.24) is 5.32 Å². The summed E-state index contributed by atoms with van der Waals surface area (Å²) in [7, 11) is 3.40. The number of methoxy groups -OCH3 is 1. The molecule has 0 aromatic heterocycles. The van der Waals surface area contributed by atoms with E-state index in [1.807, 2.05) is 0 Å². The molecule has 0 radical (unpaired) electrons. The predicted octanol–water partition coefficient (Wildman–Crippen LogP) is 0.149. The molecule has 0 saturated heterocycles. The summed E-state index contributed by atoms with van der Waals surface area (Å²) in [6.45, 7) is 0.940. The van der Waals surface area contributed by atoms with Crippen molar-refractivity contribution in [2.45, 2.75) is 0 Å². The fraction of sp³-hybridized carbons (Fsp3) is 0.750. The molecule has 5 heteroatoms. The van der Waals surface area contributed by atoms with Gasteiger partial charge < -0.3 is 14.6 Å². The molecule has 0 fully saturated rings. The zero-order valence-electron chi connectivity index (χ0n) is 5.22. The number of hydrogen-bond donors (Lipinski definition) is 1. The smallest absolute Gasteiger partial charge is 0.406 e. The Labute approximate surface area is 56.2 Å². The van der Waals surface area contributed by atoms with E-state index in [2.05, 4.69) is 24.0 Å². The van der Waals surface area contributed by atoms with E-state index in [0.29, 0.717) is 13.2 Å². The number of carbonyl (C=O) groups is 1. The molecule has 0 aliphatic heterocycles. The van der Waals surface area contributed by atoms with E-state index in [-0.39, 0.29) is 0 Å². The highest BCUT2D eigenvalue weighted by Crippen LogP contribution is 1.80. The van der Waals surface area contributed by atoms with Gasteiger partial charge in [0.2, 0.25) is 0 Å². The third-order valence-electron chi connectivity index (χ3n) is 0.675.